The molecular weight excluding hydrogens is 148 g/mol. The molecule has 0 aromatic rings. The van der Waals surface area contributed by atoms with Gasteiger partial charge < -0.3 is 0 Å². The van der Waals surface area contributed by atoms with E-state index >= 15 is 0 Å². The topological polar surface area (TPSA) is 17.1 Å². The Morgan fingerprint density at radius 1 is 1.17 bits per heavy atom. The third-order valence-electron chi connectivity index (χ3n) is 3.69. The second-order valence-electron chi connectivity index (χ2n) is 4.72. The Hall–Kier alpha value is -0.330. The summed E-state index contributed by atoms with van der Waals surface area (Å²) in [6.45, 7) is 2.35. The molecule has 3 unspecified atom stereocenters. The van der Waals surface area contributed by atoms with Crippen LogP contribution in [0.1, 0.15) is 45.4 Å². The van der Waals surface area contributed by atoms with E-state index in [-0.39, 0.29) is 0 Å². The molecule has 0 aromatic carbocycles. The number of fused-ring (bicyclic) bond motifs is 1. The third kappa shape index (κ3) is 1.55. The second kappa shape index (κ2) is 3.20. The normalized spacial score (nSPS) is 42.4. The van der Waals surface area contributed by atoms with E-state index in [0.717, 1.165) is 30.6 Å². The fourth-order valence-electron chi connectivity index (χ4n) is 2.92. The molecule has 0 radical (unpaired) electrons. The monoisotopic (exact) mass is 166 g/mol. The van der Waals surface area contributed by atoms with Crippen molar-refractivity contribution in [2.45, 2.75) is 45.4 Å². The van der Waals surface area contributed by atoms with Gasteiger partial charge >= 0.3 is 0 Å². The van der Waals surface area contributed by atoms with Gasteiger partial charge in [-0.2, -0.15) is 0 Å². The van der Waals surface area contributed by atoms with E-state index < -0.39 is 0 Å². The number of carbonyl (C=O) groups is 1. The highest BCUT2D eigenvalue weighted by molar-refractivity contribution is 5.79. The second-order valence-corrected chi connectivity index (χ2v) is 4.72. The van der Waals surface area contributed by atoms with Crippen LogP contribution in [0.25, 0.3) is 0 Å². The minimum Gasteiger partial charge on any atom is -0.300 e. The molecule has 2 rings (SSSR count). The number of ketones is 1. The van der Waals surface area contributed by atoms with E-state index in [1.54, 1.807) is 0 Å². The van der Waals surface area contributed by atoms with E-state index in [9.17, 15) is 4.79 Å². The zero-order valence-electron chi connectivity index (χ0n) is 7.88. The quantitative estimate of drug-likeness (QED) is 0.541. The predicted octanol–water partition coefficient (Wildman–Crippen LogP) is 2.79. The fourth-order valence-corrected chi connectivity index (χ4v) is 2.92. The summed E-state index contributed by atoms with van der Waals surface area (Å²) in [7, 11) is 0. The summed E-state index contributed by atoms with van der Waals surface area (Å²) >= 11 is 0. The largest absolute Gasteiger partial charge is 0.300 e. The lowest BCUT2D eigenvalue weighted by Gasteiger charge is -2.37. The summed E-state index contributed by atoms with van der Waals surface area (Å²) in [6, 6.07) is 0. The molecule has 2 aliphatic rings. The van der Waals surface area contributed by atoms with E-state index in [2.05, 4.69) is 6.92 Å². The summed E-state index contributed by atoms with van der Waals surface area (Å²) in [4.78, 5) is 11.2. The molecule has 0 aromatic heterocycles. The van der Waals surface area contributed by atoms with Crippen LogP contribution < -0.4 is 0 Å². The Morgan fingerprint density at radius 2 is 2.00 bits per heavy atom. The first-order valence-corrected chi connectivity index (χ1v) is 5.27. The van der Waals surface area contributed by atoms with Crippen LogP contribution >= 0.6 is 0 Å². The Kier molecular flexibility index (Phi) is 2.20. The van der Waals surface area contributed by atoms with Crippen molar-refractivity contribution in [3.63, 3.8) is 0 Å². The summed E-state index contributed by atoms with van der Waals surface area (Å²) in [5, 5.41) is 0. The van der Waals surface area contributed by atoms with Crippen molar-refractivity contribution in [3.05, 3.63) is 0 Å². The van der Waals surface area contributed by atoms with E-state index in [1.165, 1.54) is 25.7 Å². The smallest absolute Gasteiger partial charge is 0.133 e. The SMILES string of the molecule is CC1CCC2CC(=O)CCC2C1. The Morgan fingerprint density at radius 3 is 2.83 bits per heavy atom. The molecular formula is C11H18O. The molecule has 0 spiro atoms. The van der Waals surface area contributed by atoms with Gasteiger partial charge in [0.2, 0.25) is 0 Å². The summed E-state index contributed by atoms with van der Waals surface area (Å²) in [5.74, 6) is 3.10. The van der Waals surface area contributed by atoms with Crippen LogP contribution in [-0.2, 0) is 4.79 Å². The molecule has 0 amide bonds. The summed E-state index contributed by atoms with van der Waals surface area (Å²) < 4.78 is 0. The lowest BCUT2D eigenvalue weighted by atomic mass is 9.68. The number of Topliss-reactive ketones (excluding diaryl/α,β-unsaturated/α-hetero) is 1. The van der Waals surface area contributed by atoms with Gasteiger partial charge in [-0.3, -0.25) is 4.79 Å². The fraction of sp³-hybridized carbons (Fsp3) is 0.909. The van der Waals surface area contributed by atoms with Crippen molar-refractivity contribution in [1.29, 1.82) is 0 Å². The Labute approximate surface area is 74.5 Å². The molecule has 0 aliphatic heterocycles. The Balaban J connectivity index is 1.98. The van der Waals surface area contributed by atoms with Crippen LogP contribution in [-0.4, -0.2) is 5.78 Å². The van der Waals surface area contributed by atoms with Crippen LogP contribution in [0.15, 0.2) is 0 Å². The molecule has 2 aliphatic carbocycles. The molecule has 0 bridgehead atoms. The highest BCUT2D eigenvalue weighted by Gasteiger charge is 2.33. The van der Waals surface area contributed by atoms with Crippen LogP contribution in [0, 0.1) is 17.8 Å². The lowest BCUT2D eigenvalue weighted by molar-refractivity contribution is -0.123. The third-order valence-corrected chi connectivity index (χ3v) is 3.69. The van der Waals surface area contributed by atoms with Gasteiger partial charge in [-0.05, 0) is 37.0 Å². The maximum Gasteiger partial charge on any atom is 0.133 e. The van der Waals surface area contributed by atoms with E-state index in [1.807, 2.05) is 0 Å². The average Bonchev–Trinajstić information content (AvgIpc) is 2.05. The van der Waals surface area contributed by atoms with Gasteiger partial charge in [-0.25, -0.2) is 0 Å². The maximum absolute atomic E-state index is 11.2. The average molecular weight is 166 g/mol. The van der Waals surface area contributed by atoms with Gasteiger partial charge in [0.25, 0.3) is 0 Å². The number of hydrogen-bond acceptors (Lipinski definition) is 1. The first kappa shape index (κ1) is 8.28. The zero-order valence-corrected chi connectivity index (χ0v) is 7.88. The van der Waals surface area contributed by atoms with Crippen LogP contribution in [0.2, 0.25) is 0 Å². The maximum atomic E-state index is 11.2. The predicted molar refractivity (Wildman–Crippen MR) is 48.9 cm³/mol. The highest BCUT2D eigenvalue weighted by Crippen LogP contribution is 2.41. The first-order chi connectivity index (χ1) is 5.75. The van der Waals surface area contributed by atoms with Crippen molar-refractivity contribution < 1.29 is 4.79 Å². The van der Waals surface area contributed by atoms with Crippen molar-refractivity contribution in [2.75, 3.05) is 0 Å². The molecule has 0 N–H and O–H groups in total. The highest BCUT2D eigenvalue weighted by atomic mass is 16.1. The summed E-state index contributed by atoms with van der Waals surface area (Å²) in [5.41, 5.74) is 0. The number of rotatable bonds is 0. The molecule has 2 fully saturated rings. The standard InChI is InChI=1S/C11H18O/c1-8-2-3-10-7-11(12)5-4-9(10)6-8/h8-10H,2-7H2,1H3. The van der Waals surface area contributed by atoms with Gasteiger partial charge in [0.1, 0.15) is 5.78 Å². The minimum atomic E-state index is 0.519. The minimum absolute atomic E-state index is 0.519. The molecule has 0 heterocycles. The van der Waals surface area contributed by atoms with Gasteiger partial charge in [0.15, 0.2) is 0 Å². The molecule has 3 atom stereocenters. The number of carbonyl (C=O) groups excluding carboxylic acids is 1. The summed E-state index contributed by atoms with van der Waals surface area (Å²) in [6.07, 6.45) is 7.02. The van der Waals surface area contributed by atoms with E-state index in [4.69, 9.17) is 0 Å². The number of hydrogen-bond donors (Lipinski definition) is 0. The van der Waals surface area contributed by atoms with Crippen molar-refractivity contribution in [3.8, 4) is 0 Å². The Bertz CT molecular complexity index is 185. The van der Waals surface area contributed by atoms with Gasteiger partial charge in [-0.15, -0.1) is 0 Å². The molecule has 2 saturated carbocycles. The van der Waals surface area contributed by atoms with E-state index in [0.29, 0.717) is 5.78 Å². The molecule has 68 valence electrons. The van der Waals surface area contributed by atoms with Crippen LogP contribution in [0.3, 0.4) is 0 Å². The molecule has 1 heteroatoms. The van der Waals surface area contributed by atoms with Crippen molar-refractivity contribution >= 4 is 5.78 Å². The first-order valence-electron chi connectivity index (χ1n) is 5.27. The van der Waals surface area contributed by atoms with Crippen molar-refractivity contribution in [2.24, 2.45) is 17.8 Å². The zero-order chi connectivity index (χ0) is 8.55. The van der Waals surface area contributed by atoms with Crippen molar-refractivity contribution in [1.82, 2.24) is 0 Å². The van der Waals surface area contributed by atoms with Gasteiger partial charge in [-0.1, -0.05) is 13.3 Å². The molecule has 1 nitrogen and oxygen atoms in total. The van der Waals surface area contributed by atoms with Crippen LogP contribution in [0.5, 0.6) is 0 Å². The van der Waals surface area contributed by atoms with Gasteiger partial charge in [0, 0.05) is 12.8 Å². The molecule has 0 saturated heterocycles. The lowest BCUT2D eigenvalue weighted by Crippen LogP contribution is -2.30. The molecule has 12 heavy (non-hydrogen) atoms. The van der Waals surface area contributed by atoms with Crippen LogP contribution in [0.4, 0.5) is 0 Å². The van der Waals surface area contributed by atoms with Gasteiger partial charge in [0.05, 0.1) is 0 Å².